The summed E-state index contributed by atoms with van der Waals surface area (Å²) in [6.07, 6.45) is 0. The van der Waals surface area contributed by atoms with Gasteiger partial charge in [0.1, 0.15) is 10.7 Å². The second kappa shape index (κ2) is 7.29. The zero-order valence-corrected chi connectivity index (χ0v) is 13.5. The first-order chi connectivity index (χ1) is 9.70. The summed E-state index contributed by atoms with van der Waals surface area (Å²) < 4.78 is 54.8. The molecule has 120 valence electrons. The molecule has 0 aliphatic heterocycles. The Morgan fingerprint density at radius 3 is 2.33 bits per heavy atom. The number of hydrogen-bond acceptors (Lipinski definition) is 3. The van der Waals surface area contributed by atoms with Crippen molar-refractivity contribution in [1.82, 2.24) is 10.0 Å². The highest BCUT2D eigenvalue weighted by Crippen LogP contribution is 2.21. The predicted octanol–water partition coefficient (Wildman–Crippen LogP) is 2.40. The summed E-state index contributed by atoms with van der Waals surface area (Å²) in [6, 6.07) is 1.58. The van der Waals surface area contributed by atoms with E-state index in [1.807, 2.05) is 13.8 Å². The van der Waals surface area contributed by atoms with E-state index in [0.717, 1.165) is 12.1 Å². The van der Waals surface area contributed by atoms with Crippen LogP contribution in [-0.2, 0) is 16.6 Å². The van der Waals surface area contributed by atoms with Gasteiger partial charge in [0.05, 0.1) is 0 Å². The number of hydrogen-bond donors (Lipinski definition) is 2. The highest BCUT2D eigenvalue weighted by atomic mass is 32.2. The molecule has 0 amide bonds. The summed E-state index contributed by atoms with van der Waals surface area (Å²) in [7, 11) is -4.02. The molecule has 0 bridgehead atoms. The van der Waals surface area contributed by atoms with Crippen LogP contribution in [0.5, 0.6) is 0 Å². The lowest BCUT2D eigenvalue weighted by Gasteiger charge is -2.18. The molecule has 0 spiro atoms. The van der Waals surface area contributed by atoms with E-state index in [9.17, 15) is 17.2 Å². The molecule has 1 aromatic carbocycles. The van der Waals surface area contributed by atoms with Gasteiger partial charge in [-0.1, -0.05) is 20.8 Å². The Morgan fingerprint density at radius 1 is 1.19 bits per heavy atom. The van der Waals surface area contributed by atoms with Crippen molar-refractivity contribution in [1.29, 1.82) is 0 Å². The number of rotatable bonds is 7. The van der Waals surface area contributed by atoms with Crippen LogP contribution in [0.3, 0.4) is 0 Å². The van der Waals surface area contributed by atoms with Crippen molar-refractivity contribution in [3.05, 3.63) is 29.3 Å². The molecule has 0 aromatic heterocycles. The van der Waals surface area contributed by atoms with Gasteiger partial charge in [0.15, 0.2) is 5.82 Å². The molecule has 0 saturated heterocycles. The summed E-state index contributed by atoms with van der Waals surface area (Å²) in [5.41, 5.74) is -0.267. The maximum Gasteiger partial charge on any atom is 0.243 e. The van der Waals surface area contributed by atoms with E-state index in [4.69, 9.17) is 0 Å². The third-order valence-corrected chi connectivity index (χ3v) is 4.91. The molecule has 1 unspecified atom stereocenters. The SMILES string of the molecule is CCNCc1c(F)ccc(S(=O)(=O)NC(C)C(C)C)c1F. The molecule has 0 aliphatic carbocycles. The summed E-state index contributed by atoms with van der Waals surface area (Å²) in [6.45, 7) is 7.66. The Morgan fingerprint density at radius 2 is 1.81 bits per heavy atom. The summed E-state index contributed by atoms with van der Waals surface area (Å²) in [5.74, 6) is -1.74. The number of benzene rings is 1. The van der Waals surface area contributed by atoms with Crippen LogP contribution in [0.4, 0.5) is 8.78 Å². The zero-order valence-electron chi connectivity index (χ0n) is 12.7. The van der Waals surface area contributed by atoms with E-state index < -0.39 is 26.6 Å². The molecule has 4 nitrogen and oxygen atoms in total. The lowest BCUT2D eigenvalue weighted by Crippen LogP contribution is -2.36. The maximum atomic E-state index is 14.3. The highest BCUT2D eigenvalue weighted by molar-refractivity contribution is 7.89. The van der Waals surface area contributed by atoms with Gasteiger partial charge in [-0.3, -0.25) is 0 Å². The van der Waals surface area contributed by atoms with Crippen molar-refractivity contribution in [3.63, 3.8) is 0 Å². The largest absolute Gasteiger partial charge is 0.313 e. The standard InChI is InChI=1S/C14H22F2N2O2S/c1-5-17-8-11-12(15)6-7-13(14(11)16)21(19,20)18-10(4)9(2)3/h6-7,9-10,17-18H,5,8H2,1-4H3. The molecule has 1 rings (SSSR count). The molecule has 0 saturated carbocycles. The molecule has 0 radical (unpaired) electrons. The van der Waals surface area contributed by atoms with Gasteiger partial charge in [0.25, 0.3) is 0 Å². The average Bonchev–Trinajstić information content (AvgIpc) is 2.37. The van der Waals surface area contributed by atoms with Gasteiger partial charge in [-0.15, -0.1) is 0 Å². The third kappa shape index (κ3) is 4.46. The molecule has 21 heavy (non-hydrogen) atoms. The molecular weight excluding hydrogens is 298 g/mol. The van der Waals surface area contributed by atoms with E-state index in [2.05, 4.69) is 10.0 Å². The summed E-state index contributed by atoms with van der Waals surface area (Å²) >= 11 is 0. The lowest BCUT2D eigenvalue weighted by molar-refractivity contribution is 0.470. The summed E-state index contributed by atoms with van der Waals surface area (Å²) in [5, 5.41) is 2.79. The normalized spacial score (nSPS) is 13.7. The van der Waals surface area contributed by atoms with Gasteiger partial charge in [-0.2, -0.15) is 0 Å². The number of nitrogens with one attached hydrogen (secondary N) is 2. The Hall–Kier alpha value is -1.05. The van der Waals surface area contributed by atoms with Crippen LogP contribution in [0.25, 0.3) is 0 Å². The molecule has 0 aliphatic rings. The van der Waals surface area contributed by atoms with Gasteiger partial charge < -0.3 is 5.32 Å². The minimum absolute atomic E-state index is 0.0583. The van der Waals surface area contributed by atoms with E-state index in [-0.39, 0.29) is 24.1 Å². The first-order valence-electron chi connectivity index (χ1n) is 6.90. The first kappa shape index (κ1) is 18.0. The zero-order chi connectivity index (χ0) is 16.2. The monoisotopic (exact) mass is 320 g/mol. The predicted molar refractivity (Wildman–Crippen MR) is 78.4 cm³/mol. The van der Waals surface area contributed by atoms with E-state index in [0.29, 0.717) is 6.54 Å². The van der Waals surface area contributed by atoms with Gasteiger partial charge in [0.2, 0.25) is 10.0 Å². The fourth-order valence-electron chi connectivity index (χ4n) is 1.64. The quantitative estimate of drug-likeness (QED) is 0.811. The van der Waals surface area contributed by atoms with Gasteiger partial charge >= 0.3 is 0 Å². The Kier molecular flexibility index (Phi) is 6.24. The van der Waals surface area contributed by atoms with Crippen molar-refractivity contribution in [2.24, 2.45) is 5.92 Å². The van der Waals surface area contributed by atoms with Crippen LogP contribution in [0.15, 0.2) is 17.0 Å². The lowest BCUT2D eigenvalue weighted by atomic mass is 10.1. The molecule has 1 aromatic rings. The number of sulfonamides is 1. The van der Waals surface area contributed by atoms with Crippen LogP contribution in [0.2, 0.25) is 0 Å². The van der Waals surface area contributed by atoms with Crippen molar-refractivity contribution in [2.75, 3.05) is 6.54 Å². The molecule has 0 heterocycles. The Balaban J connectivity index is 3.18. The smallest absolute Gasteiger partial charge is 0.243 e. The average molecular weight is 320 g/mol. The highest BCUT2D eigenvalue weighted by Gasteiger charge is 2.25. The van der Waals surface area contributed by atoms with Crippen LogP contribution >= 0.6 is 0 Å². The Labute approximate surface area is 125 Å². The van der Waals surface area contributed by atoms with Crippen LogP contribution in [0.1, 0.15) is 33.3 Å². The van der Waals surface area contributed by atoms with Crippen molar-refractivity contribution < 1.29 is 17.2 Å². The molecular formula is C14H22F2N2O2S. The molecule has 2 N–H and O–H groups in total. The molecule has 1 atom stereocenters. The van der Waals surface area contributed by atoms with Crippen molar-refractivity contribution >= 4 is 10.0 Å². The van der Waals surface area contributed by atoms with Crippen molar-refractivity contribution in [2.45, 2.75) is 45.2 Å². The molecule has 7 heteroatoms. The van der Waals surface area contributed by atoms with Gasteiger partial charge in [0, 0.05) is 18.2 Å². The summed E-state index contributed by atoms with van der Waals surface area (Å²) in [4.78, 5) is -0.524. The topological polar surface area (TPSA) is 58.2 Å². The van der Waals surface area contributed by atoms with Gasteiger partial charge in [-0.05, 0) is 31.5 Å². The van der Waals surface area contributed by atoms with E-state index >= 15 is 0 Å². The van der Waals surface area contributed by atoms with E-state index in [1.54, 1.807) is 13.8 Å². The number of halogens is 2. The minimum Gasteiger partial charge on any atom is -0.313 e. The second-order valence-electron chi connectivity index (χ2n) is 5.27. The van der Waals surface area contributed by atoms with Crippen LogP contribution in [-0.4, -0.2) is 21.0 Å². The maximum absolute atomic E-state index is 14.3. The minimum atomic E-state index is -4.02. The van der Waals surface area contributed by atoms with Crippen molar-refractivity contribution in [3.8, 4) is 0 Å². The third-order valence-electron chi connectivity index (χ3n) is 3.33. The van der Waals surface area contributed by atoms with Crippen LogP contribution in [0, 0.1) is 17.6 Å². The second-order valence-corrected chi connectivity index (χ2v) is 6.95. The molecule has 0 fully saturated rings. The van der Waals surface area contributed by atoms with E-state index in [1.165, 1.54) is 0 Å². The van der Waals surface area contributed by atoms with Crippen LogP contribution < -0.4 is 10.0 Å². The first-order valence-corrected chi connectivity index (χ1v) is 8.39. The fraction of sp³-hybridized carbons (Fsp3) is 0.571. The Bertz CT molecular complexity index is 589. The van der Waals surface area contributed by atoms with Gasteiger partial charge in [-0.25, -0.2) is 21.9 Å². The fourth-order valence-corrected chi connectivity index (χ4v) is 3.13.